The number of amides is 1. The molecular weight excluding hydrogens is 318 g/mol. The fourth-order valence-electron chi connectivity index (χ4n) is 2.30. The van der Waals surface area contributed by atoms with Gasteiger partial charge in [-0.1, -0.05) is 12.1 Å². The van der Waals surface area contributed by atoms with Crippen LogP contribution in [0.15, 0.2) is 53.3 Å². The van der Waals surface area contributed by atoms with Crippen molar-refractivity contribution in [3.05, 3.63) is 64.4 Å². The molecule has 1 unspecified atom stereocenters. The van der Waals surface area contributed by atoms with E-state index >= 15 is 0 Å². The van der Waals surface area contributed by atoms with Crippen molar-refractivity contribution in [2.24, 2.45) is 0 Å². The first kappa shape index (κ1) is 13.0. The van der Waals surface area contributed by atoms with Crippen LogP contribution in [0.4, 0.5) is 0 Å². The Labute approximate surface area is 126 Å². The fraction of sp³-hybridized carbons (Fsp3) is 0.133. The molecule has 1 amide bonds. The van der Waals surface area contributed by atoms with Crippen LogP contribution in [0, 0.1) is 0 Å². The molecule has 0 aliphatic carbocycles. The summed E-state index contributed by atoms with van der Waals surface area (Å²) in [5.41, 5.74) is 2.81. The van der Waals surface area contributed by atoms with Crippen LogP contribution in [0.1, 0.15) is 15.9 Å². The zero-order valence-corrected chi connectivity index (χ0v) is 12.5. The Hall–Kier alpha value is -2.01. The molecule has 0 fully saturated rings. The molecule has 2 N–H and O–H groups in total. The third-order valence-electron chi connectivity index (χ3n) is 3.34. The van der Waals surface area contributed by atoms with Crippen LogP contribution in [-0.4, -0.2) is 24.0 Å². The summed E-state index contributed by atoms with van der Waals surface area (Å²) < 4.78 is 1.03. The number of halogens is 1. The van der Waals surface area contributed by atoms with Gasteiger partial charge in [0.2, 0.25) is 0 Å². The molecule has 0 saturated carbocycles. The first-order valence-electron chi connectivity index (χ1n) is 6.31. The van der Waals surface area contributed by atoms with Gasteiger partial charge in [-0.3, -0.25) is 4.79 Å². The molecule has 102 valence electrons. The Morgan fingerprint density at radius 2 is 2.10 bits per heavy atom. The van der Waals surface area contributed by atoms with E-state index in [1.165, 1.54) is 0 Å². The number of nitrogens with zero attached hydrogens (tertiary/aromatic N) is 1. The van der Waals surface area contributed by atoms with Gasteiger partial charge >= 0.3 is 0 Å². The highest BCUT2D eigenvalue weighted by Gasteiger charge is 2.25. The molecule has 2 heterocycles. The van der Waals surface area contributed by atoms with E-state index in [-0.39, 0.29) is 12.1 Å². The van der Waals surface area contributed by atoms with Gasteiger partial charge in [0.25, 0.3) is 5.91 Å². The van der Waals surface area contributed by atoms with E-state index in [4.69, 9.17) is 0 Å². The Morgan fingerprint density at radius 3 is 2.80 bits per heavy atom. The number of carbonyl (C=O) groups excluding carboxylic acids is 1. The average Bonchev–Trinajstić information content (AvgIpc) is 2.89. The molecule has 2 aliphatic heterocycles. The van der Waals surface area contributed by atoms with Gasteiger partial charge in [0.1, 0.15) is 6.17 Å². The second-order valence-electron chi connectivity index (χ2n) is 4.58. The lowest BCUT2D eigenvalue weighted by Gasteiger charge is -2.26. The maximum atomic E-state index is 11.5. The predicted octanol–water partition coefficient (Wildman–Crippen LogP) is 2.38. The van der Waals surface area contributed by atoms with Crippen molar-refractivity contribution in [3.8, 4) is 0 Å². The molecule has 3 rings (SSSR count). The van der Waals surface area contributed by atoms with E-state index in [1.807, 2.05) is 42.7 Å². The summed E-state index contributed by atoms with van der Waals surface area (Å²) in [6.07, 6.45) is 8.31. The van der Waals surface area contributed by atoms with Gasteiger partial charge in [-0.2, -0.15) is 0 Å². The molecule has 4 nitrogen and oxygen atoms in total. The molecule has 1 aromatic rings. The van der Waals surface area contributed by atoms with Crippen LogP contribution >= 0.6 is 15.9 Å². The maximum absolute atomic E-state index is 11.5. The van der Waals surface area contributed by atoms with Crippen LogP contribution in [0.25, 0.3) is 5.70 Å². The number of benzene rings is 1. The molecule has 0 radical (unpaired) electrons. The highest BCUT2D eigenvalue weighted by molar-refractivity contribution is 9.11. The first-order valence-corrected chi connectivity index (χ1v) is 7.11. The van der Waals surface area contributed by atoms with E-state index < -0.39 is 0 Å². The largest absolute Gasteiger partial charge is 0.366 e. The highest BCUT2D eigenvalue weighted by atomic mass is 79.9. The molecule has 0 aromatic heterocycles. The summed E-state index contributed by atoms with van der Waals surface area (Å²) in [5.74, 6) is -0.0727. The van der Waals surface area contributed by atoms with Crippen LogP contribution in [0.5, 0.6) is 0 Å². The predicted molar refractivity (Wildman–Crippen MR) is 82.7 cm³/mol. The third kappa shape index (κ3) is 2.25. The molecule has 0 saturated heterocycles. The van der Waals surface area contributed by atoms with Crippen LogP contribution in [-0.2, 0) is 0 Å². The number of carbonyl (C=O) groups is 1. The smallest absolute Gasteiger partial charge is 0.251 e. The summed E-state index contributed by atoms with van der Waals surface area (Å²) in [6.45, 7) is 0. The summed E-state index contributed by atoms with van der Waals surface area (Å²) in [6, 6.07) is 7.59. The monoisotopic (exact) mass is 331 g/mol. The molecule has 1 aromatic carbocycles. The lowest BCUT2D eigenvalue weighted by atomic mass is 10.1. The quantitative estimate of drug-likeness (QED) is 0.874. The fourth-order valence-corrected chi connectivity index (χ4v) is 2.67. The average molecular weight is 332 g/mol. The first-order chi connectivity index (χ1) is 9.69. The van der Waals surface area contributed by atoms with Crippen LogP contribution in [0.2, 0.25) is 0 Å². The van der Waals surface area contributed by atoms with Crippen molar-refractivity contribution in [2.75, 3.05) is 7.05 Å². The second-order valence-corrected chi connectivity index (χ2v) is 5.49. The minimum atomic E-state index is -0.0727. The number of nitrogens with one attached hydrogen (secondary N) is 2. The van der Waals surface area contributed by atoms with Crippen molar-refractivity contribution < 1.29 is 4.79 Å². The minimum Gasteiger partial charge on any atom is -0.366 e. The summed E-state index contributed by atoms with van der Waals surface area (Å²) in [4.78, 5) is 13.7. The summed E-state index contributed by atoms with van der Waals surface area (Å²) in [5, 5.41) is 5.93. The van der Waals surface area contributed by atoms with Gasteiger partial charge in [-0.25, -0.2) is 0 Å². The lowest BCUT2D eigenvalue weighted by molar-refractivity contribution is 0.0963. The molecule has 2 aliphatic rings. The van der Waals surface area contributed by atoms with Gasteiger partial charge in [0.15, 0.2) is 0 Å². The van der Waals surface area contributed by atoms with E-state index in [0.29, 0.717) is 5.56 Å². The van der Waals surface area contributed by atoms with Gasteiger partial charge in [-0.15, -0.1) is 0 Å². The normalized spacial score (nSPS) is 19.9. The van der Waals surface area contributed by atoms with Crippen molar-refractivity contribution >= 4 is 27.5 Å². The third-order valence-corrected chi connectivity index (χ3v) is 3.81. The Morgan fingerprint density at radius 1 is 1.35 bits per heavy atom. The molecule has 0 bridgehead atoms. The number of hydrogen-bond acceptors (Lipinski definition) is 3. The summed E-state index contributed by atoms with van der Waals surface area (Å²) in [7, 11) is 1.63. The minimum absolute atomic E-state index is 0.0727. The number of hydrogen-bond donors (Lipinski definition) is 2. The van der Waals surface area contributed by atoms with Gasteiger partial charge in [-0.05, 0) is 45.8 Å². The lowest BCUT2D eigenvalue weighted by Crippen LogP contribution is -2.32. The summed E-state index contributed by atoms with van der Waals surface area (Å²) >= 11 is 3.49. The van der Waals surface area contributed by atoms with E-state index in [1.54, 1.807) is 7.05 Å². The molecule has 20 heavy (non-hydrogen) atoms. The standard InChI is InChI=1S/C15H14BrN3O/c1-17-15(20)11-4-2-10(3-5-11)13-8-18-14-7-6-12(16)9-19(13)14/h2-9,14,18H,1H3,(H,17,20). The highest BCUT2D eigenvalue weighted by Crippen LogP contribution is 2.30. The van der Waals surface area contributed by atoms with Crippen molar-refractivity contribution in [3.63, 3.8) is 0 Å². The zero-order chi connectivity index (χ0) is 14.1. The van der Waals surface area contributed by atoms with Gasteiger partial charge in [0, 0.05) is 29.5 Å². The maximum Gasteiger partial charge on any atom is 0.251 e. The van der Waals surface area contributed by atoms with Crippen molar-refractivity contribution in [2.45, 2.75) is 6.17 Å². The Bertz CT molecular complexity index is 631. The molecule has 1 atom stereocenters. The van der Waals surface area contributed by atoms with Crippen molar-refractivity contribution in [1.82, 2.24) is 15.5 Å². The van der Waals surface area contributed by atoms with E-state index in [2.05, 4.69) is 37.5 Å². The topological polar surface area (TPSA) is 44.4 Å². The SMILES string of the molecule is CNC(=O)c1ccc(C2=CNC3C=CC(Br)=CN23)cc1. The Kier molecular flexibility index (Phi) is 3.36. The van der Waals surface area contributed by atoms with Gasteiger partial charge < -0.3 is 15.5 Å². The Balaban J connectivity index is 1.87. The number of fused-ring (bicyclic) bond motifs is 1. The zero-order valence-electron chi connectivity index (χ0n) is 10.9. The molecular formula is C15H14BrN3O. The van der Waals surface area contributed by atoms with Crippen LogP contribution in [0.3, 0.4) is 0 Å². The number of allylic oxidation sites excluding steroid dienone is 2. The second kappa shape index (κ2) is 5.17. The number of rotatable bonds is 2. The van der Waals surface area contributed by atoms with Gasteiger partial charge in [0.05, 0.1) is 5.70 Å². The molecule has 5 heteroatoms. The molecule has 0 spiro atoms. The van der Waals surface area contributed by atoms with Crippen LogP contribution < -0.4 is 10.6 Å². The van der Waals surface area contributed by atoms with Crippen molar-refractivity contribution in [1.29, 1.82) is 0 Å². The van der Waals surface area contributed by atoms with E-state index in [0.717, 1.165) is 15.7 Å². The van der Waals surface area contributed by atoms with E-state index in [9.17, 15) is 4.79 Å².